The van der Waals surface area contributed by atoms with Gasteiger partial charge in [-0.2, -0.15) is 0 Å². The number of aliphatic hydroxyl groups is 1. The average Bonchev–Trinajstić information content (AvgIpc) is 2.28. The van der Waals surface area contributed by atoms with Gasteiger partial charge in [0, 0.05) is 36.9 Å². The van der Waals surface area contributed by atoms with Gasteiger partial charge in [-0.3, -0.25) is 10.1 Å². The third kappa shape index (κ3) is 4.01. The van der Waals surface area contributed by atoms with Gasteiger partial charge < -0.3 is 15.5 Å². The highest BCUT2D eigenvalue weighted by Crippen LogP contribution is 2.22. The second kappa shape index (κ2) is 6.17. The number of benzene rings is 1. The molecule has 1 aromatic rings. The van der Waals surface area contributed by atoms with E-state index in [2.05, 4.69) is 5.32 Å². The van der Waals surface area contributed by atoms with E-state index in [4.69, 9.17) is 5.11 Å². The number of rotatable bonds is 6. The van der Waals surface area contributed by atoms with Crippen LogP contribution in [0.1, 0.15) is 18.9 Å². The van der Waals surface area contributed by atoms with Gasteiger partial charge >= 0.3 is 0 Å². The lowest BCUT2D eigenvalue weighted by molar-refractivity contribution is -0.384. The summed E-state index contributed by atoms with van der Waals surface area (Å²) in [4.78, 5) is 10.1. The number of aromatic hydroxyl groups is 1. The minimum Gasteiger partial charge on any atom is -0.508 e. The molecule has 0 unspecified atom stereocenters. The van der Waals surface area contributed by atoms with Crippen molar-refractivity contribution in [1.82, 2.24) is 5.32 Å². The molecule has 0 bridgehead atoms. The molecule has 6 nitrogen and oxygen atoms in total. The van der Waals surface area contributed by atoms with Gasteiger partial charge in [0.25, 0.3) is 5.69 Å². The minimum absolute atomic E-state index is 0.0271. The average molecular weight is 240 g/mol. The molecule has 0 heterocycles. The Morgan fingerprint density at radius 3 is 2.82 bits per heavy atom. The third-order valence-electron chi connectivity index (χ3n) is 2.48. The number of nitro groups is 1. The first-order valence-electron chi connectivity index (χ1n) is 5.35. The van der Waals surface area contributed by atoms with Crippen molar-refractivity contribution in [3.63, 3.8) is 0 Å². The van der Waals surface area contributed by atoms with Crippen LogP contribution in [0.2, 0.25) is 0 Å². The molecule has 94 valence electrons. The number of phenolic OH excluding ortho intramolecular Hbond substituents is 1. The van der Waals surface area contributed by atoms with Gasteiger partial charge in [-0.05, 0) is 19.4 Å². The van der Waals surface area contributed by atoms with E-state index >= 15 is 0 Å². The van der Waals surface area contributed by atoms with Crippen molar-refractivity contribution in [2.45, 2.75) is 25.9 Å². The van der Waals surface area contributed by atoms with E-state index in [1.807, 2.05) is 6.92 Å². The Bertz CT molecular complexity index is 395. The van der Waals surface area contributed by atoms with Crippen molar-refractivity contribution < 1.29 is 15.1 Å². The van der Waals surface area contributed by atoms with E-state index in [1.165, 1.54) is 18.2 Å². The maximum absolute atomic E-state index is 10.6. The van der Waals surface area contributed by atoms with Crippen LogP contribution in [-0.4, -0.2) is 27.8 Å². The van der Waals surface area contributed by atoms with Crippen LogP contribution in [0.4, 0.5) is 5.69 Å². The van der Waals surface area contributed by atoms with Crippen LogP contribution in [0.5, 0.6) is 5.75 Å². The Morgan fingerprint density at radius 1 is 1.53 bits per heavy atom. The lowest BCUT2D eigenvalue weighted by Crippen LogP contribution is -2.26. The molecule has 0 aromatic heterocycles. The van der Waals surface area contributed by atoms with Crippen molar-refractivity contribution in [3.8, 4) is 5.75 Å². The smallest absolute Gasteiger partial charge is 0.270 e. The lowest BCUT2D eigenvalue weighted by atomic mass is 10.1. The van der Waals surface area contributed by atoms with Gasteiger partial charge in [0.1, 0.15) is 5.75 Å². The van der Waals surface area contributed by atoms with Gasteiger partial charge in [-0.1, -0.05) is 0 Å². The lowest BCUT2D eigenvalue weighted by Gasteiger charge is -2.12. The number of nitro benzene ring substituents is 1. The van der Waals surface area contributed by atoms with E-state index in [9.17, 15) is 15.2 Å². The van der Waals surface area contributed by atoms with Gasteiger partial charge in [0.15, 0.2) is 0 Å². The molecule has 0 aliphatic rings. The first kappa shape index (κ1) is 13.4. The zero-order valence-electron chi connectivity index (χ0n) is 9.59. The zero-order chi connectivity index (χ0) is 12.8. The molecule has 17 heavy (non-hydrogen) atoms. The molecule has 0 spiro atoms. The fourth-order valence-electron chi connectivity index (χ4n) is 1.41. The van der Waals surface area contributed by atoms with Gasteiger partial charge in [-0.25, -0.2) is 0 Å². The quantitative estimate of drug-likeness (QED) is 0.512. The largest absolute Gasteiger partial charge is 0.508 e. The number of aliphatic hydroxyl groups excluding tert-OH is 1. The second-order valence-electron chi connectivity index (χ2n) is 3.86. The molecule has 3 N–H and O–H groups in total. The van der Waals surface area contributed by atoms with Crippen molar-refractivity contribution in [2.75, 3.05) is 6.61 Å². The summed E-state index contributed by atoms with van der Waals surface area (Å²) >= 11 is 0. The highest BCUT2D eigenvalue weighted by molar-refractivity contribution is 5.42. The summed E-state index contributed by atoms with van der Waals surface area (Å²) < 4.78 is 0. The number of hydrogen-bond donors (Lipinski definition) is 3. The Balaban J connectivity index is 2.69. The first-order valence-corrected chi connectivity index (χ1v) is 5.35. The number of nitrogens with zero attached hydrogens (tertiary/aromatic N) is 1. The van der Waals surface area contributed by atoms with Crippen LogP contribution in [-0.2, 0) is 6.54 Å². The molecular weight excluding hydrogens is 224 g/mol. The normalized spacial score (nSPS) is 12.4. The zero-order valence-corrected chi connectivity index (χ0v) is 9.59. The van der Waals surface area contributed by atoms with Crippen LogP contribution in [0.25, 0.3) is 0 Å². The molecule has 0 fully saturated rings. The molecule has 1 rings (SSSR count). The summed E-state index contributed by atoms with van der Waals surface area (Å²) in [6, 6.07) is 3.99. The molecule has 0 aliphatic carbocycles. The fraction of sp³-hybridized carbons (Fsp3) is 0.455. The van der Waals surface area contributed by atoms with Crippen molar-refractivity contribution in [2.24, 2.45) is 0 Å². The van der Waals surface area contributed by atoms with E-state index in [1.54, 1.807) is 0 Å². The summed E-state index contributed by atoms with van der Waals surface area (Å²) in [5.74, 6) is 0.0271. The number of hydrogen-bond acceptors (Lipinski definition) is 5. The molecule has 0 saturated carbocycles. The van der Waals surface area contributed by atoms with Crippen molar-refractivity contribution in [3.05, 3.63) is 33.9 Å². The molecule has 1 atom stereocenters. The maximum Gasteiger partial charge on any atom is 0.270 e. The molecule has 0 aliphatic heterocycles. The molecule has 0 amide bonds. The molecule has 6 heteroatoms. The monoisotopic (exact) mass is 240 g/mol. The Kier molecular flexibility index (Phi) is 4.86. The van der Waals surface area contributed by atoms with Crippen LogP contribution < -0.4 is 5.32 Å². The summed E-state index contributed by atoms with van der Waals surface area (Å²) in [5, 5.41) is 31.9. The summed E-state index contributed by atoms with van der Waals surface area (Å²) in [7, 11) is 0. The minimum atomic E-state index is -0.500. The van der Waals surface area contributed by atoms with Crippen molar-refractivity contribution >= 4 is 5.69 Å². The Morgan fingerprint density at radius 2 is 2.24 bits per heavy atom. The summed E-state index contributed by atoms with van der Waals surface area (Å²) in [6.45, 7) is 2.30. The molecule has 1 aromatic carbocycles. The van der Waals surface area contributed by atoms with Gasteiger partial charge in [-0.15, -0.1) is 0 Å². The fourth-order valence-corrected chi connectivity index (χ4v) is 1.41. The molecule has 0 saturated heterocycles. The molecular formula is C11H16N2O4. The van der Waals surface area contributed by atoms with Crippen LogP contribution in [0.15, 0.2) is 18.2 Å². The van der Waals surface area contributed by atoms with E-state index in [-0.39, 0.29) is 24.1 Å². The summed E-state index contributed by atoms with van der Waals surface area (Å²) in [6.07, 6.45) is 0.593. The Labute approximate surface area is 99.0 Å². The van der Waals surface area contributed by atoms with E-state index < -0.39 is 4.92 Å². The predicted octanol–water partition coefficient (Wildman–Crippen LogP) is 1.16. The van der Waals surface area contributed by atoms with Gasteiger partial charge in [0.05, 0.1) is 4.92 Å². The number of non-ortho nitro benzene ring substituents is 1. The topological polar surface area (TPSA) is 95.6 Å². The number of phenols is 1. The molecule has 0 radical (unpaired) electrons. The van der Waals surface area contributed by atoms with E-state index in [0.29, 0.717) is 18.5 Å². The standard InChI is InChI=1S/C11H16N2O4/c1-8(4-5-14)12-7-9-6-10(13(16)17)2-3-11(9)15/h2-3,6,8,12,14-15H,4-5,7H2,1H3/t8-/m1/s1. The van der Waals surface area contributed by atoms with Crippen LogP contribution >= 0.6 is 0 Å². The SMILES string of the molecule is C[C@H](CCO)NCc1cc([N+](=O)[O-])ccc1O. The maximum atomic E-state index is 10.6. The van der Waals surface area contributed by atoms with Crippen LogP contribution in [0, 0.1) is 10.1 Å². The third-order valence-corrected chi connectivity index (χ3v) is 2.48. The van der Waals surface area contributed by atoms with Crippen LogP contribution in [0.3, 0.4) is 0 Å². The Hall–Kier alpha value is -1.66. The number of nitrogens with one attached hydrogen (secondary N) is 1. The summed E-state index contributed by atoms with van der Waals surface area (Å²) in [5.41, 5.74) is 0.429. The predicted molar refractivity (Wildman–Crippen MR) is 62.8 cm³/mol. The first-order chi connectivity index (χ1) is 8.04. The van der Waals surface area contributed by atoms with E-state index in [0.717, 1.165) is 0 Å². The van der Waals surface area contributed by atoms with Gasteiger partial charge in [0.2, 0.25) is 0 Å². The highest BCUT2D eigenvalue weighted by atomic mass is 16.6. The van der Waals surface area contributed by atoms with Crippen molar-refractivity contribution in [1.29, 1.82) is 0 Å². The second-order valence-corrected chi connectivity index (χ2v) is 3.86. The highest BCUT2D eigenvalue weighted by Gasteiger charge is 2.10.